The van der Waals surface area contributed by atoms with Gasteiger partial charge < -0.3 is 128 Å². The van der Waals surface area contributed by atoms with Crippen LogP contribution < -0.4 is 10.5 Å². The Bertz CT molecular complexity index is 2960. The molecule has 3 amide bonds. The quantitative estimate of drug-likeness (QED) is 0.0177. The number of amides is 3. The first-order valence-electron chi connectivity index (χ1n) is 41.5. The molecule has 1 aromatic carbocycles. The monoisotopic (exact) mass is 1750 g/mol. The van der Waals surface area contributed by atoms with Crippen molar-refractivity contribution in [3.05, 3.63) is 45.8 Å². The van der Waals surface area contributed by atoms with E-state index in [1.165, 1.54) is 12.1 Å². The molecule has 4 rings (SSSR count). The van der Waals surface area contributed by atoms with Gasteiger partial charge in [0.15, 0.2) is 0 Å². The van der Waals surface area contributed by atoms with Crippen LogP contribution in [-0.4, -0.2) is 374 Å². The third-order valence-corrected chi connectivity index (χ3v) is 18.0. The highest BCUT2D eigenvalue weighted by Crippen LogP contribution is 2.45. The molecule has 0 atom stereocenters. The number of hydrogen-bond donors (Lipinski definition) is 1. The molecule has 40 heteroatoms. The molecule has 1 saturated heterocycles. The lowest BCUT2D eigenvalue weighted by Gasteiger charge is -2.44. The minimum Gasteiger partial charge on any atom is -0.423 e. The van der Waals surface area contributed by atoms with E-state index in [-0.39, 0.29) is 48.3 Å². The molecule has 1 N–H and O–H groups in total. The Morgan fingerprint density at radius 3 is 1.12 bits per heavy atom. The molecule has 1 aromatic heterocycles. The van der Waals surface area contributed by atoms with Gasteiger partial charge in [0.2, 0.25) is 5.91 Å². The fourth-order valence-electron chi connectivity index (χ4n) is 11.5. The number of methoxy groups -OCH3 is 1. The van der Waals surface area contributed by atoms with Gasteiger partial charge in [0.05, 0.1) is 302 Å². The normalized spacial score (nSPS) is 13.6. The molecule has 2 aromatic rings. The number of ether oxygens (including phenoxy) is 23. The van der Waals surface area contributed by atoms with Crippen molar-refractivity contribution < 1.29 is 165 Å². The largest absolute Gasteiger partial charge is 0.423 e. The molecular formula is C80H134F3N3O33S. The van der Waals surface area contributed by atoms with Crippen LogP contribution in [0.4, 0.5) is 18.9 Å². The van der Waals surface area contributed by atoms with Crippen LogP contribution in [0.3, 0.4) is 0 Å². The molecule has 0 saturated carbocycles. The van der Waals surface area contributed by atoms with Gasteiger partial charge in [-0.25, -0.2) is 14.8 Å². The van der Waals surface area contributed by atoms with Crippen molar-refractivity contribution in [2.75, 3.05) is 335 Å². The van der Waals surface area contributed by atoms with E-state index in [4.69, 9.17) is 123 Å². The Labute approximate surface area is 707 Å². The maximum Gasteiger partial charge on any atom is 0.417 e. The fourth-order valence-corrected chi connectivity index (χ4v) is 11.9. The van der Waals surface area contributed by atoms with Crippen LogP contribution in [0.15, 0.2) is 33.5 Å². The van der Waals surface area contributed by atoms with Crippen LogP contribution in [-0.2, 0) is 149 Å². The molecular weight excluding hydrogens is 1620 g/mol. The summed E-state index contributed by atoms with van der Waals surface area (Å²) in [6.07, 6.45) is 1.20. The Hall–Kier alpha value is -4.85. The highest BCUT2D eigenvalue weighted by molar-refractivity contribution is 7.95. The van der Waals surface area contributed by atoms with Crippen LogP contribution in [0, 0.1) is 0 Å². The van der Waals surface area contributed by atoms with Gasteiger partial charge in [-0.1, -0.05) is 24.0 Å². The molecule has 0 aliphatic carbocycles. The summed E-state index contributed by atoms with van der Waals surface area (Å²) in [5, 5.41) is 12.7. The number of alkyl halides is 3. The van der Waals surface area contributed by atoms with Crippen molar-refractivity contribution in [1.82, 2.24) is 9.96 Å². The minimum atomic E-state index is -4.83. The molecule has 36 nitrogen and oxygen atoms in total. The maximum absolute atomic E-state index is 14.2. The van der Waals surface area contributed by atoms with E-state index in [0.29, 0.717) is 390 Å². The Balaban J connectivity index is 0.851. The number of halogens is 3. The van der Waals surface area contributed by atoms with Gasteiger partial charge in [-0.15, -0.1) is 9.40 Å². The van der Waals surface area contributed by atoms with Crippen LogP contribution in [0.1, 0.15) is 95.6 Å². The average molecular weight is 1760 g/mol. The summed E-state index contributed by atoms with van der Waals surface area (Å²) in [6.45, 7) is 25.7. The number of benzene rings is 1. The standard InChI is InChI=1S/C80H134F3N3O33S/c1-79(2)66-68(67-120-119-118-92)69-63-70-71(80(81,82)83)64-78(91)116-73(70)65-72(69)85(79)17-9-4-6-11-74(87)84(15-8-5-7-12-77(90)117-86-75(88)13-14-76(86)89)16-10-18-94-21-22-96-25-26-98-29-30-100-33-34-102-37-38-104-41-42-106-45-46-108-49-50-110-53-54-112-57-58-114-61-62-115-60-59-113-56-55-111-52-51-109-48-47-107-44-43-105-40-39-103-36-35-101-32-31-99-28-27-97-24-23-95-20-19-93-3/h63-66,92H,4-62,67H2,1-3H3. The predicted octanol–water partition coefficient (Wildman–Crippen LogP) is 6.82. The van der Waals surface area contributed by atoms with Crippen LogP contribution in [0.2, 0.25) is 0 Å². The minimum absolute atomic E-state index is 0.00292. The molecule has 2 aliphatic rings. The van der Waals surface area contributed by atoms with Gasteiger partial charge in [0.25, 0.3) is 11.8 Å². The van der Waals surface area contributed by atoms with E-state index < -0.39 is 40.7 Å². The fraction of sp³-hybridized carbons (Fsp3) is 0.812. The molecule has 3 heterocycles. The number of carbonyl (C=O) groups excluding carboxylic acids is 4. The summed E-state index contributed by atoms with van der Waals surface area (Å²) >= 11 is 0.741. The van der Waals surface area contributed by atoms with Crippen LogP contribution >= 0.6 is 12.0 Å². The second-order valence-corrected chi connectivity index (χ2v) is 27.7. The molecule has 0 spiro atoms. The van der Waals surface area contributed by atoms with E-state index >= 15 is 0 Å². The van der Waals surface area contributed by atoms with E-state index in [0.717, 1.165) is 12.0 Å². The third kappa shape index (κ3) is 54.8. The van der Waals surface area contributed by atoms with Gasteiger partial charge >= 0.3 is 17.8 Å². The van der Waals surface area contributed by atoms with Gasteiger partial charge in [0, 0.05) is 106 Å². The first kappa shape index (κ1) is 107. The molecule has 1 fully saturated rings. The third-order valence-electron chi connectivity index (χ3n) is 17.4. The molecule has 0 radical (unpaired) electrons. The number of carbonyl (C=O) groups is 4. The number of imide groups is 1. The molecule has 694 valence electrons. The average Bonchev–Trinajstić information content (AvgIpc) is 1.31. The second kappa shape index (κ2) is 73.4. The summed E-state index contributed by atoms with van der Waals surface area (Å²) in [5.41, 5.74) is -1.57. The van der Waals surface area contributed by atoms with E-state index in [1.54, 1.807) is 12.0 Å². The van der Waals surface area contributed by atoms with Crippen LogP contribution in [0.25, 0.3) is 16.5 Å². The zero-order chi connectivity index (χ0) is 86.1. The maximum atomic E-state index is 14.2. The van der Waals surface area contributed by atoms with Gasteiger partial charge in [0.1, 0.15) is 5.58 Å². The van der Waals surface area contributed by atoms with Gasteiger partial charge in [-0.3, -0.25) is 14.4 Å². The number of hydrogen-bond acceptors (Lipinski definition) is 35. The van der Waals surface area contributed by atoms with Crippen molar-refractivity contribution in [3.63, 3.8) is 0 Å². The van der Waals surface area contributed by atoms with Crippen molar-refractivity contribution >= 4 is 58.0 Å². The summed E-state index contributed by atoms with van der Waals surface area (Å²) in [7, 11) is 1.64. The van der Waals surface area contributed by atoms with E-state index in [9.17, 15) is 37.1 Å². The lowest BCUT2D eigenvalue weighted by molar-refractivity contribution is -0.432. The summed E-state index contributed by atoms with van der Waals surface area (Å²) in [5.74, 6) is -1.75. The number of rotatable bonds is 87. The van der Waals surface area contributed by atoms with Gasteiger partial charge in [-0.2, -0.15) is 13.2 Å². The molecule has 0 unspecified atom stereocenters. The lowest BCUT2D eigenvalue weighted by atomic mass is 9.87. The van der Waals surface area contributed by atoms with Crippen LogP contribution in [0.5, 0.6) is 0 Å². The second-order valence-electron chi connectivity index (χ2n) is 27.1. The summed E-state index contributed by atoms with van der Waals surface area (Å²) in [6, 6.07) is 3.22. The number of nitrogens with zero attached hydrogens (tertiary/aromatic N) is 3. The Kier molecular flexibility index (Phi) is 65.7. The zero-order valence-corrected chi connectivity index (χ0v) is 71.4. The zero-order valence-electron chi connectivity index (χ0n) is 70.6. The topological polar surface area (TPSA) is 368 Å². The number of anilines is 1. The summed E-state index contributed by atoms with van der Waals surface area (Å²) in [4.78, 5) is 71.1. The highest BCUT2D eigenvalue weighted by atomic mass is 32.2. The van der Waals surface area contributed by atoms with E-state index in [2.05, 4.69) is 9.37 Å². The summed E-state index contributed by atoms with van der Waals surface area (Å²) < 4.78 is 179. The van der Waals surface area contributed by atoms with E-state index in [1.807, 2.05) is 24.8 Å². The first-order valence-corrected chi connectivity index (χ1v) is 42.4. The number of unbranched alkanes of at least 4 members (excludes halogenated alkanes) is 4. The lowest BCUT2D eigenvalue weighted by Crippen LogP contribution is -2.46. The van der Waals surface area contributed by atoms with Crippen molar-refractivity contribution in [3.8, 4) is 0 Å². The highest BCUT2D eigenvalue weighted by Gasteiger charge is 2.38. The van der Waals surface area contributed by atoms with Crippen molar-refractivity contribution in [2.24, 2.45) is 0 Å². The molecule has 2 aliphatic heterocycles. The molecule has 120 heavy (non-hydrogen) atoms. The van der Waals surface area contributed by atoms with Crippen molar-refractivity contribution in [2.45, 2.75) is 96.2 Å². The predicted molar refractivity (Wildman–Crippen MR) is 429 cm³/mol. The Morgan fingerprint density at radius 2 is 0.775 bits per heavy atom. The first-order chi connectivity index (χ1) is 58.7. The molecule has 0 bridgehead atoms. The number of hydroxylamine groups is 2. The van der Waals surface area contributed by atoms with Crippen molar-refractivity contribution in [1.29, 1.82) is 0 Å². The SMILES string of the molecule is COCCOCCOCCOCCOCCOCCOCCOCCOCCOCCOCCOCCOCCOCCOCCOCCOCCOCCOCCOCCOCCOCCOCCCN(CCCCCC(=O)ON1C(=O)CCC1=O)C(=O)CCCCCN1c2cc3oc(=O)cc(C(F)(F)F)c3cc2C(CSOOO)=CC1(C)C. The van der Waals surface area contributed by atoms with Gasteiger partial charge in [-0.05, 0) is 57.6 Å². The number of fused-ring (bicyclic) bond motifs is 2. The Morgan fingerprint density at radius 1 is 0.442 bits per heavy atom. The smallest absolute Gasteiger partial charge is 0.417 e.